The molecule has 0 rings (SSSR count). The van der Waals surface area contributed by atoms with Crippen LogP contribution in [0.4, 0.5) is 0 Å². The van der Waals surface area contributed by atoms with Gasteiger partial charge in [-0.05, 0) is 30.4 Å². The summed E-state index contributed by atoms with van der Waals surface area (Å²) in [6, 6.07) is 0. The maximum absolute atomic E-state index is 11.7. The number of aliphatic hydroxyl groups is 1. The Balaban J connectivity index is 4.47. The highest BCUT2D eigenvalue weighted by molar-refractivity contribution is 8.13. The van der Waals surface area contributed by atoms with Crippen LogP contribution in [-0.4, -0.2) is 72.0 Å². The van der Waals surface area contributed by atoms with Crippen LogP contribution in [0.3, 0.4) is 0 Å². The third-order valence-electron chi connectivity index (χ3n) is 2.54. The van der Waals surface area contributed by atoms with Gasteiger partial charge in [0.05, 0.1) is 0 Å². The van der Waals surface area contributed by atoms with Gasteiger partial charge in [0.25, 0.3) is 5.91 Å². The summed E-state index contributed by atoms with van der Waals surface area (Å²) in [6.45, 7) is 0. The average Bonchev–Trinajstić information content (AvgIpc) is 2.39. The molecule has 4 atom stereocenters. The Morgan fingerprint density at radius 1 is 1.20 bits per heavy atom. The molecular weight excluding hydrogens is 298 g/mol. The Hall–Kier alpha value is -0.660. The lowest BCUT2D eigenvalue weighted by molar-refractivity contribution is -0.163. The summed E-state index contributed by atoms with van der Waals surface area (Å²) in [5.41, 5.74) is 0. The van der Waals surface area contributed by atoms with Gasteiger partial charge in [0, 0.05) is 13.5 Å². The fraction of sp³-hybridized carbons (Fsp3) is 0.692. The van der Waals surface area contributed by atoms with Gasteiger partial charge in [-0.3, -0.25) is 4.79 Å². The monoisotopic (exact) mass is 323 g/mol. The SMILES string of the molecule is C=S(C)CCC(O)C(=O)OC(CCS(=C)C)C(=O)NC. The van der Waals surface area contributed by atoms with Crippen LogP contribution in [-0.2, 0) is 14.3 Å². The van der Waals surface area contributed by atoms with Crippen LogP contribution in [0.2, 0.25) is 0 Å². The minimum atomic E-state index is -1.20. The molecule has 1 amide bonds. The number of nitrogens with one attached hydrogen (secondary N) is 1. The molecule has 0 radical (unpaired) electrons. The molecule has 20 heavy (non-hydrogen) atoms. The Morgan fingerprint density at radius 2 is 1.70 bits per heavy atom. The van der Waals surface area contributed by atoms with Crippen molar-refractivity contribution in [3.63, 3.8) is 0 Å². The number of carbonyl (C=O) groups is 2. The smallest absolute Gasteiger partial charge is 0.335 e. The van der Waals surface area contributed by atoms with Crippen molar-refractivity contribution in [2.24, 2.45) is 0 Å². The highest BCUT2D eigenvalue weighted by Gasteiger charge is 2.25. The second-order valence-electron chi connectivity index (χ2n) is 4.60. The topological polar surface area (TPSA) is 75.6 Å². The minimum Gasteiger partial charge on any atom is -0.450 e. The molecule has 0 heterocycles. The van der Waals surface area contributed by atoms with Crippen molar-refractivity contribution in [1.29, 1.82) is 0 Å². The maximum Gasteiger partial charge on any atom is 0.335 e. The number of rotatable bonds is 9. The van der Waals surface area contributed by atoms with E-state index in [4.69, 9.17) is 4.74 Å². The molecule has 0 fully saturated rings. The molecule has 0 aliphatic carbocycles. The number of aliphatic hydroxyl groups excluding tert-OH is 1. The standard InChI is InChI=1S/C13H25NO4S2/c1-14-12(16)11(7-9-20(4)5)18-13(17)10(15)6-8-19(2)3/h10-11,15H,2,4,6-9H2,1,3,5H3,(H,14,16). The lowest BCUT2D eigenvalue weighted by atomic mass is 10.2. The summed E-state index contributed by atoms with van der Waals surface area (Å²) in [6.07, 6.45) is 2.54. The third kappa shape index (κ3) is 8.50. The molecule has 0 aromatic rings. The second kappa shape index (κ2) is 10.1. The van der Waals surface area contributed by atoms with Crippen molar-refractivity contribution in [3.05, 3.63) is 0 Å². The van der Waals surface area contributed by atoms with Gasteiger partial charge in [-0.25, -0.2) is 4.79 Å². The number of likely N-dealkylation sites (N-methyl/N-ethyl adjacent to an activating group) is 1. The third-order valence-corrected chi connectivity index (χ3v) is 4.40. The predicted octanol–water partition coefficient (Wildman–Crippen LogP) is 0.447. The first-order valence-electron chi connectivity index (χ1n) is 6.22. The van der Waals surface area contributed by atoms with E-state index < -0.39 is 18.2 Å². The summed E-state index contributed by atoms with van der Waals surface area (Å²) in [4.78, 5) is 23.4. The van der Waals surface area contributed by atoms with Crippen LogP contribution in [0.1, 0.15) is 12.8 Å². The fourth-order valence-electron chi connectivity index (χ4n) is 1.36. The number of carbonyl (C=O) groups excluding carboxylic acids is 2. The highest BCUT2D eigenvalue weighted by atomic mass is 32.2. The van der Waals surface area contributed by atoms with Crippen molar-refractivity contribution < 1.29 is 19.4 Å². The first-order chi connectivity index (χ1) is 9.27. The second-order valence-corrected chi connectivity index (χ2v) is 8.55. The Kier molecular flexibility index (Phi) is 9.79. The average molecular weight is 323 g/mol. The fourth-order valence-corrected chi connectivity index (χ4v) is 2.60. The van der Waals surface area contributed by atoms with Crippen molar-refractivity contribution in [3.8, 4) is 0 Å². The minimum absolute atomic E-state index is 0.0807. The van der Waals surface area contributed by atoms with Crippen molar-refractivity contribution in [1.82, 2.24) is 5.32 Å². The molecule has 2 N–H and O–H groups in total. The van der Waals surface area contributed by atoms with E-state index in [1.165, 1.54) is 7.05 Å². The lowest BCUT2D eigenvalue weighted by Crippen LogP contribution is -2.39. The van der Waals surface area contributed by atoms with Gasteiger partial charge in [0.2, 0.25) is 0 Å². The number of amides is 1. The molecule has 0 aromatic heterocycles. The van der Waals surface area contributed by atoms with Crippen LogP contribution in [0.15, 0.2) is 0 Å². The maximum atomic E-state index is 11.7. The van der Waals surface area contributed by atoms with Gasteiger partial charge in [0.1, 0.15) is 0 Å². The van der Waals surface area contributed by atoms with E-state index in [0.717, 1.165) is 0 Å². The van der Waals surface area contributed by atoms with Crippen molar-refractivity contribution in [2.45, 2.75) is 25.0 Å². The summed E-state index contributed by atoms with van der Waals surface area (Å²) in [5.74, 6) is 7.91. The van der Waals surface area contributed by atoms with Gasteiger partial charge in [0.15, 0.2) is 12.2 Å². The number of hydrogen-bond acceptors (Lipinski definition) is 4. The quantitative estimate of drug-likeness (QED) is 0.477. The number of ether oxygens (including phenoxy) is 1. The van der Waals surface area contributed by atoms with Gasteiger partial charge in [-0.15, -0.1) is 0 Å². The van der Waals surface area contributed by atoms with Gasteiger partial charge in [-0.1, -0.05) is 11.7 Å². The first-order valence-corrected chi connectivity index (χ1v) is 10.2. The molecule has 4 unspecified atom stereocenters. The highest BCUT2D eigenvalue weighted by Crippen LogP contribution is 2.12. The van der Waals surface area contributed by atoms with Crippen LogP contribution in [0.5, 0.6) is 0 Å². The molecule has 0 saturated heterocycles. The van der Waals surface area contributed by atoms with E-state index in [1.54, 1.807) is 0 Å². The van der Waals surface area contributed by atoms with E-state index in [0.29, 0.717) is 24.3 Å². The van der Waals surface area contributed by atoms with E-state index in [9.17, 15) is 14.7 Å². The number of esters is 1. The molecule has 0 spiro atoms. The van der Waals surface area contributed by atoms with Gasteiger partial charge < -0.3 is 15.2 Å². The molecule has 0 aliphatic heterocycles. The zero-order valence-corrected chi connectivity index (χ0v) is 14.0. The normalized spacial score (nSPS) is 16.8. The molecule has 0 bridgehead atoms. The van der Waals surface area contributed by atoms with Crippen LogP contribution in [0.25, 0.3) is 0 Å². The zero-order valence-electron chi connectivity index (χ0n) is 12.4. The van der Waals surface area contributed by atoms with E-state index in [1.807, 2.05) is 12.5 Å². The first kappa shape index (κ1) is 19.3. The lowest BCUT2D eigenvalue weighted by Gasteiger charge is -2.18. The van der Waals surface area contributed by atoms with E-state index >= 15 is 0 Å². The summed E-state index contributed by atoms with van der Waals surface area (Å²) >= 11 is 0. The Bertz CT molecular complexity index is 385. The molecule has 118 valence electrons. The predicted molar refractivity (Wildman–Crippen MR) is 90.2 cm³/mol. The Morgan fingerprint density at radius 3 is 2.15 bits per heavy atom. The van der Waals surface area contributed by atoms with Crippen LogP contribution < -0.4 is 5.32 Å². The number of hydrogen-bond donors (Lipinski definition) is 2. The Labute approximate surface area is 125 Å². The molecule has 5 nitrogen and oxygen atoms in total. The van der Waals surface area contributed by atoms with Crippen LogP contribution >= 0.6 is 21.0 Å². The van der Waals surface area contributed by atoms with E-state index in [-0.39, 0.29) is 26.9 Å². The molecule has 0 saturated carbocycles. The molecule has 7 heteroatoms. The van der Waals surface area contributed by atoms with Crippen molar-refractivity contribution >= 4 is 44.6 Å². The largest absolute Gasteiger partial charge is 0.450 e. The molecule has 0 aliphatic rings. The summed E-state index contributed by atoms with van der Waals surface area (Å²) in [7, 11) is 1.32. The van der Waals surface area contributed by atoms with Crippen molar-refractivity contribution in [2.75, 3.05) is 31.1 Å². The van der Waals surface area contributed by atoms with Crippen LogP contribution in [0, 0.1) is 0 Å². The summed E-state index contributed by atoms with van der Waals surface area (Å²) in [5, 5.41) is 12.2. The van der Waals surface area contributed by atoms with Gasteiger partial charge >= 0.3 is 5.97 Å². The zero-order chi connectivity index (χ0) is 15.7. The van der Waals surface area contributed by atoms with E-state index in [2.05, 4.69) is 17.1 Å². The molecule has 0 aromatic carbocycles. The summed E-state index contributed by atoms with van der Waals surface area (Å²) < 4.78 is 5.11. The molecular formula is C13H25NO4S2. The van der Waals surface area contributed by atoms with Gasteiger partial charge in [-0.2, -0.15) is 21.0 Å².